The topological polar surface area (TPSA) is 82.5 Å². The lowest BCUT2D eigenvalue weighted by molar-refractivity contribution is -0.116. The fourth-order valence-electron chi connectivity index (χ4n) is 2.30. The number of methoxy groups -OCH3 is 2. The average Bonchev–Trinajstić information content (AvgIpc) is 3.08. The van der Waals surface area contributed by atoms with Crippen molar-refractivity contribution >= 4 is 44.7 Å². The Hall–Kier alpha value is -2.58. The van der Waals surface area contributed by atoms with E-state index < -0.39 is 5.91 Å². The second kappa shape index (κ2) is 7.12. The molecule has 25 heavy (non-hydrogen) atoms. The van der Waals surface area contributed by atoms with E-state index in [2.05, 4.69) is 10.3 Å². The number of halogens is 1. The predicted molar refractivity (Wildman–Crippen MR) is 97.1 cm³/mol. The van der Waals surface area contributed by atoms with E-state index in [-0.39, 0.29) is 12.1 Å². The highest BCUT2D eigenvalue weighted by molar-refractivity contribution is 7.16. The smallest absolute Gasteiger partial charge is 0.262 e. The van der Waals surface area contributed by atoms with E-state index >= 15 is 0 Å². The number of aromatic nitrogens is 2. The molecule has 0 spiro atoms. The third-order valence-corrected chi connectivity index (χ3v) is 4.65. The number of nitrogens with one attached hydrogen (secondary N) is 1. The molecule has 2 heterocycles. The van der Waals surface area contributed by atoms with Gasteiger partial charge in [0.15, 0.2) is 11.5 Å². The van der Waals surface area contributed by atoms with Gasteiger partial charge in [0.2, 0.25) is 5.91 Å². The van der Waals surface area contributed by atoms with E-state index in [0.29, 0.717) is 32.4 Å². The Bertz CT molecular complexity index is 999. The lowest BCUT2D eigenvalue weighted by atomic mass is 10.2. The number of hydrogen-bond acceptors (Lipinski definition) is 6. The van der Waals surface area contributed by atoms with Gasteiger partial charge < -0.3 is 14.8 Å². The van der Waals surface area contributed by atoms with E-state index in [0.717, 1.165) is 0 Å². The Morgan fingerprint density at radius 3 is 2.76 bits per heavy atom. The van der Waals surface area contributed by atoms with Crippen LogP contribution in [0.15, 0.2) is 34.7 Å². The molecular formula is C16H14ClN3O4S. The number of carbonyl (C=O) groups is 1. The minimum atomic E-state index is -0.410. The van der Waals surface area contributed by atoms with Crippen molar-refractivity contribution in [3.8, 4) is 11.5 Å². The first-order valence-corrected chi connectivity index (χ1v) is 8.43. The SMILES string of the molecule is COc1cc(Cl)c(NC(=O)Cn2cnc3sccc3c2=O)cc1OC. The number of nitrogens with zero attached hydrogens (tertiary/aromatic N) is 2. The van der Waals surface area contributed by atoms with Crippen molar-refractivity contribution in [2.45, 2.75) is 6.54 Å². The Kier molecular flexibility index (Phi) is 4.91. The molecule has 0 bridgehead atoms. The molecule has 0 aliphatic rings. The van der Waals surface area contributed by atoms with Crippen LogP contribution in [0.5, 0.6) is 11.5 Å². The maximum absolute atomic E-state index is 12.3. The lowest BCUT2D eigenvalue weighted by Gasteiger charge is -2.13. The molecule has 0 fully saturated rings. The standard InChI is InChI=1S/C16H14ClN3O4S/c1-23-12-5-10(17)11(6-13(12)24-2)19-14(21)7-20-8-18-15-9(16(20)22)3-4-25-15/h3-6,8H,7H2,1-2H3,(H,19,21). The van der Waals surface area contributed by atoms with Gasteiger partial charge in [-0.3, -0.25) is 14.2 Å². The number of amides is 1. The van der Waals surface area contributed by atoms with Crippen LogP contribution in [0.1, 0.15) is 0 Å². The Balaban J connectivity index is 1.82. The van der Waals surface area contributed by atoms with Gasteiger partial charge in [0.25, 0.3) is 5.56 Å². The summed E-state index contributed by atoms with van der Waals surface area (Å²) < 4.78 is 11.6. The van der Waals surface area contributed by atoms with E-state index in [4.69, 9.17) is 21.1 Å². The maximum Gasteiger partial charge on any atom is 0.262 e. The fourth-order valence-corrected chi connectivity index (χ4v) is 3.22. The summed E-state index contributed by atoms with van der Waals surface area (Å²) in [4.78, 5) is 29.4. The summed E-state index contributed by atoms with van der Waals surface area (Å²) in [6.07, 6.45) is 1.36. The highest BCUT2D eigenvalue weighted by atomic mass is 35.5. The number of ether oxygens (including phenoxy) is 2. The molecule has 0 aliphatic carbocycles. The average molecular weight is 380 g/mol. The summed E-state index contributed by atoms with van der Waals surface area (Å²) in [5, 5.41) is 5.23. The number of fused-ring (bicyclic) bond motifs is 1. The third-order valence-electron chi connectivity index (χ3n) is 3.51. The molecule has 130 valence electrons. The summed E-state index contributed by atoms with van der Waals surface area (Å²) >= 11 is 7.52. The van der Waals surface area contributed by atoms with E-state index in [1.54, 1.807) is 23.6 Å². The minimum absolute atomic E-state index is 0.178. The van der Waals surface area contributed by atoms with E-state index in [1.807, 2.05) is 0 Å². The molecule has 0 atom stereocenters. The molecule has 0 saturated carbocycles. The number of thiophene rings is 1. The molecule has 1 N–H and O–H groups in total. The molecule has 9 heteroatoms. The summed E-state index contributed by atoms with van der Waals surface area (Å²) in [6, 6.07) is 4.79. The van der Waals surface area contributed by atoms with Crippen molar-refractivity contribution in [2.75, 3.05) is 19.5 Å². The van der Waals surface area contributed by atoms with Crippen LogP contribution in [0.25, 0.3) is 10.2 Å². The zero-order valence-electron chi connectivity index (χ0n) is 13.4. The molecule has 0 aliphatic heterocycles. The number of benzene rings is 1. The Labute approximate surface area is 151 Å². The molecule has 2 aromatic heterocycles. The van der Waals surface area contributed by atoms with Crippen LogP contribution in [0.4, 0.5) is 5.69 Å². The fraction of sp³-hybridized carbons (Fsp3) is 0.188. The quantitative estimate of drug-likeness (QED) is 0.737. The first-order valence-electron chi connectivity index (χ1n) is 7.17. The monoisotopic (exact) mass is 379 g/mol. The van der Waals surface area contributed by atoms with Crippen LogP contribution in [0.2, 0.25) is 5.02 Å². The predicted octanol–water partition coefficient (Wildman–Crippen LogP) is 2.77. The van der Waals surface area contributed by atoms with Gasteiger partial charge in [-0.1, -0.05) is 11.6 Å². The number of anilines is 1. The molecule has 1 amide bonds. The van der Waals surface area contributed by atoms with Gasteiger partial charge in [-0.15, -0.1) is 11.3 Å². The molecule has 7 nitrogen and oxygen atoms in total. The van der Waals surface area contributed by atoms with Crippen LogP contribution >= 0.6 is 22.9 Å². The first kappa shape index (κ1) is 17.2. The molecule has 0 unspecified atom stereocenters. The van der Waals surface area contributed by atoms with Gasteiger partial charge in [-0.25, -0.2) is 4.98 Å². The van der Waals surface area contributed by atoms with E-state index in [9.17, 15) is 9.59 Å². The van der Waals surface area contributed by atoms with Crippen LogP contribution in [-0.4, -0.2) is 29.7 Å². The normalized spacial score (nSPS) is 10.7. The summed E-state index contributed by atoms with van der Waals surface area (Å²) in [7, 11) is 2.98. The zero-order valence-corrected chi connectivity index (χ0v) is 15.0. The number of rotatable bonds is 5. The Morgan fingerprint density at radius 1 is 1.32 bits per heavy atom. The minimum Gasteiger partial charge on any atom is -0.493 e. The molecule has 3 aromatic rings. The number of carbonyl (C=O) groups excluding carboxylic acids is 1. The van der Waals surface area contributed by atoms with Crippen LogP contribution in [-0.2, 0) is 11.3 Å². The van der Waals surface area contributed by atoms with Gasteiger partial charge in [-0.2, -0.15) is 0 Å². The summed E-state index contributed by atoms with van der Waals surface area (Å²) in [5.74, 6) is 0.474. The van der Waals surface area contributed by atoms with Crippen molar-refractivity contribution in [3.05, 3.63) is 45.3 Å². The molecular weight excluding hydrogens is 366 g/mol. The van der Waals surface area contributed by atoms with Crippen molar-refractivity contribution in [2.24, 2.45) is 0 Å². The largest absolute Gasteiger partial charge is 0.493 e. The third kappa shape index (κ3) is 3.45. The Morgan fingerprint density at radius 2 is 2.04 bits per heavy atom. The number of hydrogen-bond donors (Lipinski definition) is 1. The summed E-state index contributed by atoms with van der Waals surface area (Å²) in [6.45, 7) is -0.178. The van der Waals surface area contributed by atoms with Crippen molar-refractivity contribution in [1.29, 1.82) is 0 Å². The highest BCUT2D eigenvalue weighted by Gasteiger charge is 2.14. The van der Waals surface area contributed by atoms with Gasteiger partial charge in [-0.05, 0) is 11.4 Å². The van der Waals surface area contributed by atoms with Crippen LogP contribution < -0.4 is 20.3 Å². The van der Waals surface area contributed by atoms with Gasteiger partial charge in [0.05, 0.1) is 36.6 Å². The van der Waals surface area contributed by atoms with Crippen molar-refractivity contribution in [3.63, 3.8) is 0 Å². The molecule has 1 aromatic carbocycles. The first-order chi connectivity index (χ1) is 12.0. The molecule has 3 rings (SSSR count). The van der Waals surface area contributed by atoms with Crippen LogP contribution in [0, 0.1) is 0 Å². The molecule has 0 radical (unpaired) electrons. The maximum atomic E-state index is 12.3. The summed E-state index contributed by atoms with van der Waals surface area (Å²) in [5.41, 5.74) is 0.0988. The van der Waals surface area contributed by atoms with Crippen molar-refractivity contribution in [1.82, 2.24) is 9.55 Å². The van der Waals surface area contributed by atoms with E-state index in [1.165, 1.54) is 36.5 Å². The van der Waals surface area contributed by atoms with Gasteiger partial charge >= 0.3 is 0 Å². The van der Waals surface area contributed by atoms with Gasteiger partial charge in [0.1, 0.15) is 11.4 Å². The van der Waals surface area contributed by atoms with Crippen molar-refractivity contribution < 1.29 is 14.3 Å². The van der Waals surface area contributed by atoms with Gasteiger partial charge in [0, 0.05) is 12.1 Å². The highest BCUT2D eigenvalue weighted by Crippen LogP contribution is 2.35. The van der Waals surface area contributed by atoms with Crippen LogP contribution in [0.3, 0.4) is 0 Å². The lowest BCUT2D eigenvalue weighted by Crippen LogP contribution is -2.27. The second-order valence-electron chi connectivity index (χ2n) is 5.05. The molecule has 0 saturated heterocycles. The second-order valence-corrected chi connectivity index (χ2v) is 6.35. The zero-order chi connectivity index (χ0) is 18.0.